The van der Waals surface area contributed by atoms with E-state index in [1.807, 2.05) is 17.5 Å². The fourth-order valence-corrected chi connectivity index (χ4v) is 5.15. The third-order valence-electron chi connectivity index (χ3n) is 4.81. The summed E-state index contributed by atoms with van der Waals surface area (Å²) in [6, 6.07) is 11.0. The molecule has 1 aliphatic carbocycles. The number of thiophene rings is 1. The molecule has 5 nitrogen and oxygen atoms in total. The van der Waals surface area contributed by atoms with Crippen molar-refractivity contribution in [3.8, 4) is 0 Å². The molecule has 3 aromatic rings. The molecule has 8 heteroatoms. The number of hydrogen-bond donors (Lipinski definition) is 1. The minimum absolute atomic E-state index is 0.133. The molecule has 0 spiro atoms. The molecule has 1 N–H and O–H groups in total. The van der Waals surface area contributed by atoms with Gasteiger partial charge in [0.25, 0.3) is 0 Å². The van der Waals surface area contributed by atoms with Gasteiger partial charge in [0, 0.05) is 26.8 Å². The molecule has 2 heterocycles. The maximum Gasteiger partial charge on any atom is 0.349 e. The van der Waals surface area contributed by atoms with Gasteiger partial charge in [0.05, 0.1) is 12.3 Å². The summed E-state index contributed by atoms with van der Waals surface area (Å²) in [5, 5.41) is 6.18. The molecule has 0 fully saturated rings. The number of halogens is 1. The molecule has 0 radical (unpaired) electrons. The Hall–Kier alpha value is -2.09. The second-order valence-corrected chi connectivity index (χ2v) is 9.27. The van der Waals surface area contributed by atoms with Gasteiger partial charge in [0.1, 0.15) is 5.03 Å². The molecule has 0 saturated heterocycles. The maximum atomic E-state index is 12.7. The van der Waals surface area contributed by atoms with Crippen LogP contribution in [0.4, 0.5) is 5.69 Å². The number of nitrogens with one attached hydrogen (secondary N) is 1. The van der Waals surface area contributed by atoms with E-state index in [0.717, 1.165) is 41.8 Å². The van der Waals surface area contributed by atoms with Crippen LogP contribution in [-0.4, -0.2) is 21.2 Å². The Morgan fingerprint density at radius 3 is 2.76 bits per heavy atom. The highest BCUT2D eigenvalue weighted by Crippen LogP contribution is 2.29. The van der Waals surface area contributed by atoms with Crippen LogP contribution < -0.4 is 11.0 Å². The molecule has 1 aliphatic rings. The summed E-state index contributed by atoms with van der Waals surface area (Å²) < 4.78 is 1.80. The molecule has 2 aromatic heterocycles. The fourth-order valence-electron chi connectivity index (χ4n) is 3.45. The minimum Gasteiger partial charge on any atom is -0.325 e. The quantitative estimate of drug-likeness (QED) is 0.444. The molecule has 4 rings (SSSR count). The SMILES string of the molecule is O=C(CSc1nc(=O)n(Cc2cccs2)c2c1CCCC2)Nc1ccc(Cl)cc1. The molecule has 0 atom stereocenters. The summed E-state index contributed by atoms with van der Waals surface area (Å²) >= 11 is 8.85. The standard InChI is InChI=1S/C21H20ClN3O2S2/c22-14-7-9-15(10-8-14)23-19(26)13-29-20-17-5-1-2-6-18(17)25(21(27)24-20)12-16-4-3-11-28-16/h3-4,7-11H,1-2,5-6,12-13H2,(H,23,26). The Kier molecular flexibility index (Phi) is 6.37. The van der Waals surface area contributed by atoms with Crippen molar-refractivity contribution < 1.29 is 4.79 Å². The molecule has 150 valence electrons. The average Bonchev–Trinajstić information content (AvgIpc) is 3.24. The molecule has 0 aliphatic heterocycles. The molecule has 1 amide bonds. The minimum atomic E-state index is -0.236. The lowest BCUT2D eigenvalue weighted by Crippen LogP contribution is -2.30. The normalized spacial score (nSPS) is 13.1. The number of nitrogens with zero attached hydrogens (tertiary/aromatic N) is 2. The number of rotatable bonds is 6. The number of anilines is 1. The number of amides is 1. The van der Waals surface area contributed by atoms with Gasteiger partial charge in [-0.1, -0.05) is 29.4 Å². The van der Waals surface area contributed by atoms with Crippen LogP contribution in [0.25, 0.3) is 0 Å². The monoisotopic (exact) mass is 445 g/mol. The van der Waals surface area contributed by atoms with Gasteiger partial charge in [0.2, 0.25) is 5.91 Å². The number of aromatic nitrogens is 2. The summed E-state index contributed by atoms with van der Waals surface area (Å²) in [6.07, 6.45) is 3.93. The summed E-state index contributed by atoms with van der Waals surface area (Å²) in [5.74, 6) is 0.0719. The molecule has 0 saturated carbocycles. The first-order chi connectivity index (χ1) is 14.1. The Labute approximate surface area is 182 Å². The number of carbonyl (C=O) groups is 1. The van der Waals surface area contributed by atoms with Gasteiger partial charge < -0.3 is 5.32 Å². The molecule has 0 bridgehead atoms. The van der Waals surface area contributed by atoms with Crippen molar-refractivity contribution in [1.82, 2.24) is 9.55 Å². The van der Waals surface area contributed by atoms with E-state index in [-0.39, 0.29) is 17.3 Å². The highest BCUT2D eigenvalue weighted by molar-refractivity contribution is 8.00. The van der Waals surface area contributed by atoms with Crippen molar-refractivity contribution in [2.24, 2.45) is 0 Å². The largest absolute Gasteiger partial charge is 0.349 e. The Bertz CT molecular complexity index is 1060. The van der Waals surface area contributed by atoms with Crippen molar-refractivity contribution in [3.63, 3.8) is 0 Å². The van der Waals surface area contributed by atoms with Crippen molar-refractivity contribution in [2.45, 2.75) is 37.3 Å². The van der Waals surface area contributed by atoms with Gasteiger partial charge in [-0.05, 0) is 61.4 Å². The van der Waals surface area contributed by atoms with Gasteiger partial charge >= 0.3 is 5.69 Å². The van der Waals surface area contributed by atoms with E-state index in [1.54, 1.807) is 40.2 Å². The molecule has 0 unspecified atom stereocenters. The van der Waals surface area contributed by atoms with Crippen molar-refractivity contribution >= 4 is 46.3 Å². The van der Waals surface area contributed by atoms with E-state index in [9.17, 15) is 9.59 Å². The van der Waals surface area contributed by atoms with E-state index < -0.39 is 0 Å². The van der Waals surface area contributed by atoms with Crippen molar-refractivity contribution in [1.29, 1.82) is 0 Å². The fraction of sp³-hybridized carbons (Fsp3) is 0.286. The first-order valence-electron chi connectivity index (χ1n) is 9.43. The summed E-state index contributed by atoms with van der Waals surface area (Å²) in [7, 11) is 0. The van der Waals surface area contributed by atoms with Crippen LogP contribution in [0.5, 0.6) is 0 Å². The summed E-state index contributed by atoms with van der Waals surface area (Å²) in [5.41, 5.74) is 2.66. The lowest BCUT2D eigenvalue weighted by molar-refractivity contribution is -0.113. The summed E-state index contributed by atoms with van der Waals surface area (Å²) in [4.78, 5) is 30.5. The Morgan fingerprint density at radius 2 is 2.00 bits per heavy atom. The predicted molar refractivity (Wildman–Crippen MR) is 119 cm³/mol. The van der Waals surface area contributed by atoms with Gasteiger partial charge in [-0.3, -0.25) is 9.36 Å². The molecule has 1 aromatic carbocycles. The molecule has 29 heavy (non-hydrogen) atoms. The average molecular weight is 446 g/mol. The van der Waals surface area contributed by atoms with E-state index in [0.29, 0.717) is 22.3 Å². The van der Waals surface area contributed by atoms with Crippen LogP contribution in [0, 0.1) is 0 Å². The van der Waals surface area contributed by atoms with Crippen molar-refractivity contribution in [3.05, 3.63) is 73.4 Å². The highest BCUT2D eigenvalue weighted by Gasteiger charge is 2.21. The zero-order chi connectivity index (χ0) is 20.2. The van der Waals surface area contributed by atoms with Crippen LogP contribution >= 0.6 is 34.7 Å². The van der Waals surface area contributed by atoms with Crippen LogP contribution in [0.2, 0.25) is 5.02 Å². The summed E-state index contributed by atoms with van der Waals surface area (Å²) in [6.45, 7) is 0.563. The van der Waals surface area contributed by atoms with E-state index >= 15 is 0 Å². The van der Waals surface area contributed by atoms with Crippen LogP contribution in [-0.2, 0) is 24.2 Å². The Morgan fingerprint density at radius 1 is 1.21 bits per heavy atom. The first-order valence-corrected chi connectivity index (χ1v) is 11.7. The van der Waals surface area contributed by atoms with E-state index in [1.165, 1.54) is 11.8 Å². The van der Waals surface area contributed by atoms with Crippen LogP contribution in [0.1, 0.15) is 29.0 Å². The number of thioether (sulfide) groups is 1. The second kappa shape index (κ2) is 9.15. The van der Waals surface area contributed by atoms with Gasteiger partial charge in [-0.25, -0.2) is 4.79 Å². The van der Waals surface area contributed by atoms with Crippen LogP contribution in [0.3, 0.4) is 0 Å². The van der Waals surface area contributed by atoms with Gasteiger partial charge in [-0.2, -0.15) is 4.98 Å². The van der Waals surface area contributed by atoms with Crippen molar-refractivity contribution in [2.75, 3.05) is 11.1 Å². The third kappa shape index (κ3) is 4.91. The lowest BCUT2D eigenvalue weighted by Gasteiger charge is -2.22. The topological polar surface area (TPSA) is 64.0 Å². The lowest BCUT2D eigenvalue weighted by atomic mass is 9.97. The maximum absolute atomic E-state index is 12.7. The molecular weight excluding hydrogens is 426 g/mol. The van der Waals surface area contributed by atoms with E-state index in [4.69, 9.17) is 11.6 Å². The number of hydrogen-bond acceptors (Lipinski definition) is 5. The first kappa shape index (κ1) is 20.2. The Balaban J connectivity index is 1.51. The second-order valence-electron chi connectivity index (χ2n) is 6.84. The molecular formula is C21H20ClN3O2S2. The smallest absolute Gasteiger partial charge is 0.325 e. The highest BCUT2D eigenvalue weighted by atomic mass is 35.5. The number of fused-ring (bicyclic) bond motifs is 1. The van der Waals surface area contributed by atoms with Gasteiger partial charge in [-0.15, -0.1) is 11.3 Å². The zero-order valence-electron chi connectivity index (χ0n) is 15.7. The van der Waals surface area contributed by atoms with E-state index in [2.05, 4.69) is 10.3 Å². The zero-order valence-corrected chi connectivity index (χ0v) is 18.1. The van der Waals surface area contributed by atoms with Gasteiger partial charge in [0.15, 0.2) is 0 Å². The predicted octanol–water partition coefficient (Wildman–Crippen LogP) is 4.62. The number of carbonyl (C=O) groups excluding carboxylic acids is 1. The van der Waals surface area contributed by atoms with Crippen LogP contribution in [0.15, 0.2) is 51.6 Å². The third-order valence-corrected chi connectivity index (χ3v) is 6.94. The number of benzene rings is 1.